The summed E-state index contributed by atoms with van der Waals surface area (Å²) in [5.74, 6) is -0.649. The number of hydrogen-bond acceptors (Lipinski definition) is 4. The van der Waals surface area contributed by atoms with Gasteiger partial charge in [0.1, 0.15) is 0 Å². The zero-order chi connectivity index (χ0) is 15.3. The number of carbonyl (C=O) groups excluding carboxylic acids is 1. The Morgan fingerprint density at radius 2 is 1.79 bits per heavy atom. The number of esters is 1. The number of rotatable bonds is 7. The molecular formula is C14H30O4Si. The molecular weight excluding hydrogens is 260 g/mol. The molecule has 1 atom stereocenters. The summed E-state index contributed by atoms with van der Waals surface area (Å²) in [5, 5.41) is 9.17. The summed E-state index contributed by atoms with van der Waals surface area (Å²) < 4.78 is 11.2. The van der Waals surface area contributed by atoms with Gasteiger partial charge in [-0.05, 0) is 38.4 Å². The second-order valence-corrected chi connectivity index (χ2v) is 11.6. The van der Waals surface area contributed by atoms with Crippen molar-refractivity contribution in [1.82, 2.24) is 0 Å². The lowest BCUT2D eigenvalue weighted by Gasteiger charge is -2.37. The molecule has 0 amide bonds. The van der Waals surface area contributed by atoms with Crippen LogP contribution in [0.4, 0.5) is 0 Å². The molecule has 0 radical (unpaired) electrons. The number of aliphatic hydroxyl groups excluding tert-OH is 1. The first kappa shape index (κ1) is 18.6. The molecule has 1 N–H and O–H groups in total. The van der Waals surface area contributed by atoms with E-state index in [4.69, 9.17) is 14.3 Å². The highest BCUT2D eigenvalue weighted by Crippen LogP contribution is 2.36. The average Bonchev–Trinajstić information content (AvgIpc) is 2.21. The van der Waals surface area contributed by atoms with Gasteiger partial charge in [-0.25, -0.2) is 0 Å². The SMILES string of the molecule is CC(C)OC(=O)C(CCO)CO[Si](C)(C)C(C)(C)C. The highest BCUT2D eigenvalue weighted by Gasteiger charge is 2.38. The van der Waals surface area contributed by atoms with E-state index in [1.165, 1.54) is 0 Å². The van der Waals surface area contributed by atoms with Crippen molar-refractivity contribution in [1.29, 1.82) is 0 Å². The molecule has 19 heavy (non-hydrogen) atoms. The normalized spacial score (nSPS) is 14.6. The van der Waals surface area contributed by atoms with Gasteiger partial charge in [0.15, 0.2) is 8.32 Å². The summed E-state index contributed by atoms with van der Waals surface area (Å²) in [7, 11) is -1.87. The first-order valence-corrected chi connectivity index (χ1v) is 9.87. The maximum Gasteiger partial charge on any atom is 0.311 e. The van der Waals surface area contributed by atoms with E-state index in [2.05, 4.69) is 33.9 Å². The van der Waals surface area contributed by atoms with Crippen molar-refractivity contribution in [3.63, 3.8) is 0 Å². The van der Waals surface area contributed by atoms with Crippen molar-refractivity contribution in [3.05, 3.63) is 0 Å². The van der Waals surface area contributed by atoms with Crippen LogP contribution in [0, 0.1) is 5.92 Å². The predicted octanol–water partition coefficient (Wildman–Crippen LogP) is 2.96. The van der Waals surface area contributed by atoms with E-state index in [1.54, 1.807) is 0 Å². The lowest BCUT2D eigenvalue weighted by molar-refractivity contribution is -0.154. The lowest BCUT2D eigenvalue weighted by Crippen LogP contribution is -2.43. The first-order chi connectivity index (χ1) is 8.51. The van der Waals surface area contributed by atoms with Crippen molar-refractivity contribution in [3.8, 4) is 0 Å². The Hall–Kier alpha value is -0.393. The van der Waals surface area contributed by atoms with Crippen molar-refractivity contribution in [2.24, 2.45) is 5.92 Å². The molecule has 0 aromatic carbocycles. The van der Waals surface area contributed by atoms with E-state index >= 15 is 0 Å². The van der Waals surface area contributed by atoms with Gasteiger partial charge in [0, 0.05) is 13.2 Å². The number of carbonyl (C=O) groups is 1. The van der Waals surface area contributed by atoms with Crippen molar-refractivity contribution in [2.75, 3.05) is 13.2 Å². The third-order valence-corrected chi connectivity index (χ3v) is 8.12. The standard InChI is InChI=1S/C14H30O4Si/c1-11(2)18-13(16)12(8-9-15)10-17-19(6,7)14(3,4)5/h11-12,15H,8-10H2,1-7H3. The van der Waals surface area contributed by atoms with Gasteiger partial charge in [0.25, 0.3) is 0 Å². The molecule has 0 aliphatic heterocycles. The molecule has 5 heteroatoms. The molecule has 0 heterocycles. The highest BCUT2D eigenvalue weighted by molar-refractivity contribution is 6.74. The largest absolute Gasteiger partial charge is 0.463 e. The van der Waals surface area contributed by atoms with E-state index in [0.29, 0.717) is 13.0 Å². The van der Waals surface area contributed by atoms with Crippen LogP contribution < -0.4 is 0 Å². The maximum atomic E-state index is 11.9. The minimum Gasteiger partial charge on any atom is -0.463 e. The van der Waals surface area contributed by atoms with Crippen LogP contribution in [-0.2, 0) is 14.0 Å². The van der Waals surface area contributed by atoms with E-state index in [0.717, 1.165) is 0 Å². The Bertz CT molecular complexity index is 282. The molecule has 0 aromatic rings. The second-order valence-electron chi connectivity index (χ2n) is 6.77. The molecule has 4 nitrogen and oxygen atoms in total. The van der Waals surface area contributed by atoms with Crippen LogP contribution in [-0.4, -0.2) is 38.7 Å². The van der Waals surface area contributed by atoms with E-state index in [-0.39, 0.29) is 29.6 Å². The summed E-state index contributed by atoms with van der Waals surface area (Å²) in [5.41, 5.74) is 0. The van der Waals surface area contributed by atoms with Crippen LogP contribution in [0.5, 0.6) is 0 Å². The van der Waals surface area contributed by atoms with Gasteiger partial charge < -0.3 is 14.3 Å². The van der Waals surface area contributed by atoms with Gasteiger partial charge in [-0.1, -0.05) is 20.8 Å². The van der Waals surface area contributed by atoms with E-state index < -0.39 is 8.32 Å². The topological polar surface area (TPSA) is 55.8 Å². The molecule has 0 spiro atoms. The highest BCUT2D eigenvalue weighted by atomic mass is 28.4. The fraction of sp³-hybridized carbons (Fsp3) is 0.929. The van der Waals surface area contributed by atoms with Crippen molar-refractivity contribution in [2.45, 2.75) is 65.3 Å². The molecule has 0 fully saturated rings. The lowest BCUT2D eigenvalue weighted by atomic mass is 10.1. The molecule has 1 unspecified atom stereocenters. The zero-order valence-corrected chi connectivity index (χ0v) is 14.4. The quantitative estimate of drug-likeness (QED) is 0.578. The monoisotopic (exact) mass is 290 g/mol. The Labute approximate surface area is 118 Å². The summed E-state index contributed by atoms with van der Waals surface area (Å²) in [6.07, 6.45) is 0.252. The van der Waals surface area contributed by atoms with Crippen LogP contribution in [0.3, 0.4) is 0 Å². The fourth-order valence-electron chi connectivity index (χ4n) is 1.28. The van der Waals surface area contributed by atoms with Gasteiger partial charge in [-0.3, -0.25) is 4.79 Å². The van der Waals surface area contributed by atoms with Crippen molar-refractivity contribution >= 4 is 14.3 Å². The molecule has 0 aliphatic carbocycles. The Balaban J connectivity index is 4.56. The number of aliphatic hydroxyl groups is 1. The van der Waals surface area contributed by atoms with Crippen LogP contribution in [0.2, 0.25) is 18.1 Å². The van der Waals surface area contributed by atoms with Gasteiger partial charge in [0.2, 0.25) is 0 Å². The summed E-state index contributed by atoms with van der Waals surface area (Å²) in [6, 6.07) is 0. The maximum absolute atomic E-state index is 11.9. The average molecular weight is 290 g/mol. The Morgan fingerprint density at radius 1 is 1.26 bits per heavy atom. The third kappa shape index (κ3) is 6.54. The molecule has 114 valence electrons. The molecule has 0 rings (SSSR count). The molecule has 0 bridgehead atoms. The minimum absolute atomic E-state index is 0.0290. The third-order valence-electron chi connectivity index (χ3n) is 3.61. The Morgan fingerprint density at radius 3 is 2.16 bits per heavy atom. The van der Waals surface area contributed by atoms with E-state index in [1.807, 2.05) is 13.8 Å². The van der Waals surface area contributed by atoms with Gasteiger partial charge in [-0.15, -0.1) is 0 Å². The predicted molar refractivity (Wildman–Crippen MR) is 79.6 cm³/mol. The second kappa shape index (κ2) is 7.41. The molecule has 0 saturated heterocycles. The van der Waals surface area contributed by atoms with Crippen LogP contribution in [0.1, 0.15) is 41.0 Å². The Kier molecular flexibility index (Phi) is 7.25. The number of hydrogen-bond donors (Lipinski definition) is 1. The van der Waals surface area contributed by atoms with Crippen molar-refractivity contribution < 1.29 is 19.1 Å². The smallest absolute Gasteiger partial charge is 0.311 e. The van der Waals surface area contributed by atoms with Crippen LogP contribution >= 0.6 is 0 Å². The molecule has 0 saturated carbocycles. The fourth-order valence-corrected chi connectivity index (χ4v) is 2.33. The van der Waals surface area contributed by atoms with Gasteiger partial charge >= 0.3 is 5.97 Å². The van der Waals surface area contributed by atoms with Crippen LogP contribution in [0.25, 0.3) is 0 Å². The molecule has 0 aromatic heterocycles. The minimum atomic E-state index is -1.87. The van der Waals surface area contributed by atoms with E-state index in [9.17, 15) is 4.79 Å². The summed E-state index contributed by atoms with van der Waals surface area (Å²) in [4.78, 5) is 11.9. The summed E-state index contributed by atoms with van der Waals surface area (Å²) >= 11 is 0. The molecule has 0 aliphatic rings. The zero-order valence-electron chi connectivity index (χ0n) is 13.4. The number of ether oxygens (including phenoxy) is 1. The van der Waals surface area contributed by atoms with Gasteiger partial charge in [-0.2, -0.15) is 0 Å². The van der Waals surface area contributed by atoms with Gasteiger partial charge in [0.05, 0.1) is 12.0 Å². The van der Waals surface area contributed by atoms with Crippen LogP contribution in [0.15, 0.2) is 0 Å². The summed E-state index contributed by atoms with van der Waals surface area (Å²) in [6.45, 7) is 14.7. The first-order valence-electron chi connectivity index (χ1n) is 6.96.